The molecule has 0 aromatic carbocycles. The highest BCUT2D eigenvalue weighted by atomic mass is 16.5. The third-order valence-corrected chi connectivity index (χ3v) is 3.34. The van der Waals surface area contributed by atoms with E-state index < -0.39 is 0 Å². The van der Waals surface area contributed by atoms with Crippen molar-refractivity contribution in [2.24, 2.45) is 16.8 Å². The zero-order valence-electron chi connectivity index (χ0n) is 8.19. The molecule has 3 aliphatic rings. The van der Waals surface area contributed by atoms with Gasteiger partial charge >= 0.3 is 5.97 Å². The van der Waals surface area contributed by atoms with Gasteiger partial charge in [-0.15, -0.1) is 0 Å². The maximum Gasteiger partial charge on any atom is 0.356 e. The molecule has 3 heteroatoms. The van der Waals surface area contributed by atoms with E-state index >= 15 is 0 Å². The number of esters is 1. The highest BCUT2D eigenvalue weighted by Gasteiger charge is 2.51. The van der Waals surface area contributed by atoms with E-state index in [1.54, 1.807) is 0 Å². The van der Waals surface area contributed by atoms with Gasteiger partial charge in [-0.25, -0.2) is 4.79 Å². The van der Waals surface area contributed by atoms with Crippen molar-refractivity contribution in [2.45, 2.75) is 25.8 Å². The predicted molar refractivity (Wildman–Crippen MR) is 52.2 cm³/mol. The van der Waals surface area contributed by atoms with Gasteiger partial charge in [0.1, 0.15) is 5.71 Å². The Balaban J connectivity index is 1.78. The van der Waals surface area contributed by atoms with Crippen LogP contribution in [0.15, 0.2) is 16.6 Å². The standard InChI is InChI=1S/C11H13NO2/c1-2-14-11(13)10-5-8-7-3-6(7)4-9(8)12-10/h5-7,9H,2-4H2,1H3. The molecule has 2 fully saturated rings. The molecule has 3 unspecified atom stereocenters. The first-order valence-corrected chi connectivity index (χ1v) is 5.26. The molecule has 0 amide bonds. The van der Waals surface area contributed by atoms with Crippen LogP contribution in [0.3, 0.4) is 0 Å². The molecule has 0 saturated heterocycles. The van der Waals surface area contributed by atoms with Crippen LogP contribution in [-0.2, 0) is 9.53 Å². The minimum Gasteiger partial charge on any atom is -0.461 e. The molecule has 2 aliphatic carbocycles. The molecular weight excluding hydrogens is 178 g/mol. The second-order valence-corrected chi connectivity index (χ2v) is 4.23. The average molecular weight is 191 g/mol. The summed E-state index contributed by atoms with van der Waals surface area (Å²) in [5.41, 5.74) is 1.93. The van der Waals surface area contributed by atoms with Gasteiger partial charge in [-0.05, 0) is 43.3 Å². The number of carbonyl (C=O) groups is 1. The number of carbonyl (C=O) groups excluding carboxylic acids is 1. The van der Waals surface area contributed by atoms with E-state index in [4.69, 9.17) is 4.74 Å². The molecule has 0 N–H and O–H groups in total. The Labute approximate surface area is 82.9 Å². The first kappa shape index (κ1) is 8.21. The zero-order valence-corrected chi connectivity index (χ0v) is 8.19. The van der Waals surface area contributed by atoms with Gasteiger partial charge < -0.3 is 4.74 Å². The van der Waals surface area contributed by atoms with Crippen molar-refractivity contribution < 1.29 is 9.53 Å². The Hall–Kier alpha value is -1.12. The number of fused-ring (bicyclic) bond motifs is 3. The molecule has 0 radical (unpaired) electrons. The van der Waals surface area contributed by atoms with Gasteiger partial charge in [0.2, 0.25) is 0 Å². The van der Waals surface area contributed by atoms with E-state index in [9.17, 15) is 4.79 Å². The quantitative estimate of drug-likeness (QED) is 0.618. The van der Waals surface area contributed by atoms with Crippen LogP contribution >= 0.6 is 0 Å². The lowest BCUT2D eigenvalue weighted by molar-refractivity contribution is -0.134. The smallest absolute Gasteiger partial charge is 0.356 e. The largest absolute Gasteiger partial charge is 0.461 e. The lowest BCUT2D eigenvalue weighted by atomic mass is 10.1. The third kappa shape index (κ3) is 1.04. The van der Waals surface area contributed by atoms with Gasteiger partial charge in [0.05, 0.1) is 12.6 Å². The number of aliphatic imine (C=N–C) groups is 1. The highest BCUT2D eigenvalue weighted by molar-refractivity contribution is 6.42. The topological polar surface area (TPSA) is 38.7 Å². The van der Waals surface area contributed by atoms with E-state index in [-0.39, 0.29) is 5.97 Å². The fraction of sp³-hybridized carbons (Fsp3) is 0.636. The summed E-state index contributed by atoms with van der Waals surface area (Å²) in [5.74, 6) is 1.36. The Morgan fingerprint density at radius 2 is 2.50 bits per heavy atom. The molecular formula is C11H13NO2. The number of hydrogen-bond acceptors (Lipinski definition) is 3. The van der Waals surface area contributed by atoms with Crippen LogP contribution in [0, 0.1) is 11.8 Å². The number of hydrogen-bond donors (Lipinski definition) is 0. The van der Waals surface area contributed by atoms with E-state index in [0.717, 1.165) is 18.3 Å². The fourth-order valence-corrected chi connectivity index (χ4v) is 2.60. The van der Waals surface area contributed by atoms with Crippen molar-refractivity contribution in [2.75, 3.05) is 6.61 Å². The zero-order chi connectivity index (χ0) is 9.71. The van der Waals surface area contributed by atoms with Crippen LogP contribution in [0.5, 0.6) is 0 Å². The summed E-state index contributed by atoms with van der Waals surface area (Å²) in [6.45, 7) is 2.25. The van der Waals surface area contributed by atoms with E-state index in [1.807, 2.05) is 13.0 Å². The van der Waals surface area contributed by atoms with Crippen LogP contribution in [0.25, 0.3) is 0 Å². The van der Waals surface area contributed by atoms with Crippen LogP contribution in [-0.4, -0.2) is 24.3 Å². The van der Waals surface area contributed by atoms with E-state index in [0.29, 0.717) is 18.4 Å². The van der Waals surface area contributed by atoms with Crippen molar-refractivity contribution in [3.8, 4) is 0 Å². The van der Waals surface area contributed by atoms with Gasteiger partial charge in [-0.1, -0.05) is 0 Å². The Morgan fingerprint density at radius 1 is 1.64 bits per heavy atom. The maximum atomic E-state index is 11.4. The Kier molecular flexibility index (Phi) is 1.58. The Bertz CT molecular complexity index is 356. The second kappa shape index (κ2) is 2.69. The lowest BCUT2D eigenvalue weighted by Crippen LogP contribution is -2.14. The van der Waals surface area contributed by atoms with E-state index in [2.05, 4.69) is 4.99 Å². The summed E-state index contributed by atoms with van der Waals surface area (Å²) in [4.78, 5) is 15.8. The van der Waals surface area contributed by atoms with Crippen molar-refractivity contribution in [1.82, 2.24) is 0 Å². The van der Waals surface area contributed by atoms with Gasteiger partial charge in [0.25, 0.3) is 0 Å². The normalized spacial score (nSPS) is 37.1. The Morgan fingerprint density at radius 3 is 3.21 bits per heavy atom. The SMILES string of the molecule is CCOC(=O)C1=NC2CC3CC3C2=C1. The summed E-state index contributed by atoms with van der Waals surface area (Å²) < 4.78 is 4.93. The van der Waals surface area contributed by atoms with Gasteiger partial charge in [-0.3, -0.25) is 4.99 Å². The first-order valence-electron chi connectivity index (χ1n) is 5.26. The first-order chi connectivity index (χ1) is 6.79. The number of rotatable bonds is 2. The molecule has 14 heavy (non-hydrogen) atoms. The summed E-state index contributed by atoms with van der Waals surface area (Å²) >= 11 is 0. The molecule has 1 aliphatic heterocycles. The lowest BCUT2D eigenvalue weighted by Gasteiger charge is -2.02. The van der Waals surface area contributed by atoms with Crippen LogP contribution in [0.2, 0.25) is 0 Å². The number of nitrogens with zero attached hydrogens (tertiary/aromatic N) is 1. The summed E-state index contributed by atoms with van der Waals surface area (Å²) in [6.07, 6.45) is 4.42. The monoisotopic (exact) mass is 191 g/mol. The third-order valence-electron chi connectivity index (χ3n) is 3.34. The minimum atomic E-state index is -0.258. The molecule has 0 bridgehead atoms. The predicted octanol–water partition coefficient (Wildman–Crippen LogP) is 1.34. The number of ether oxygens (including phenoxy) is 1. The average Bonchev–Trinajstić information content (AvgIpc) is 2.67. The molecule has 0 aromatic rings. The van der Waals surface area contributed by atoms with Crippen molar-refractivity contribution >= 4 is 11.7 Å². The van der Waals surface area contributed by atoms with E-state index in [1.165, 1.54) is 12.0 Å². The maximum absolute atomic E-state index is 11.4. The molecule has 2 saturated carbocycles. The molecule has 74 valence electrons. The summed E-state index contributed by atoms with van der Waals surface area (Å²) in [7, 11) is 0. The van der Waals surface area contributed by atoms with Crippen molar-refractivity contribution in [3.05, 3.63) is 11.6 Å². The second-order valence-electron chi connectivity index (χ2n) is 4.23. The highest BCUT2D eigenvalue weighted by Crippen LogP contribution is 2.57. The molecule has 0 aromatic heterocycles. The van der Waals surface area contributed by atoms with Crippen LogP contribution < -0.4 is 0 Å². The van der Waals surface area contributed by atoms with Crippen LogP contribution in [0.4, 0.5) is 0 Å². The molecule has 3 atom stereocenters. The van der Waals surface area contributed by atoms with Crippen LogP contribution in [0.1, 0.15) is 19.8 Å². The van der Waals surface area contributed by atoms with Gasteiger partial charge in [0, 0.05) is 0 Å². The molecule has 3 nitrogen and oxygen atoms in total. The molecule has 0 spiro atoms. The van der Waals surface area contributed by atoms with Crippen molar-refractivity contribution in [3.63, 3.8) is 0 Å². The van der Waals surface area contributed by atoms with Crippen molar-refractivity contribution in [1.29, 1.82) is 0 Å². The van der Waals surface area contributed by atoms with Gasteiger partial charge in [-0.2, -0.15) is 0 Å². The molecule has 1 heterocycles. The summed E-state index contributed by atoms with van der Waals surface area (Å²) in [6, 6.07) is 0.318. The fourth-order valence-electron chi connectivity index (χ4n) is 2.60. The van der Waals surface area contributed by atoms with Gasteiger partial charge in [0.15, 0.2) is 0 Å². The minimum absolute atomic E-state index is 0.258. The molecule has 3 rings (SSSR count). The summed E-state index contributed by atoms with van der Waals surface area (Å²) in [5, 5.41) is 0.